The number of carboxylic acids is 1. The summed E-state index contributed by atoms with van der Waals surface area (Å²) in [4.78, 5) is 12.9. The van der Waals surface area contributed by atoms with Gasteiger partial charge in [-0.25, -0.2) is 4.79 Å². The van der Waals surface area contributed by atoms with E-state index in [0.717, 1.165) is 17.8 Å². The Labute approximate surface area is 95.5 Å². The Kier molecular flexibility index (Phi) is 4.31. The van der Waals surface area contributed by atoms with Gasteiger partial charge in [-0.3, -0.25) is 0 Å². The molecule has 0 atom stereocenters. The van der Waals surface area contributed by atoms with E-state index in [1.807, 2.05) is 24.1 Å². The molecule has 88 valence electrons. The summed E-state index contributed by atoms with van der Waals surface area (Å²) in [6.45, 7) is 3.23. The second-order valence-electron chi connectivity index (χ2n) is 3.72. The summed E-state index contributed by atoms with van der Waals surface area (Å²) in [6, 6.07) is 5.32. The molecule has 0 amide bonds. The van der Waals surface area contributed by atoms with E-state index in [4.69, 9.17) is 9.84 Å². The minimum Gasteiger partial charge on any atom is -0.478 e. The SMILES string of the molecule is COCCN(C)c1ccc(C(=O)O)c(C)c1. The molecule has 0 spiro atoms. The van der Waals surface area contributed by atoms with Crippen molar-refractivity contribution in [2.24, 2.45) is 0 Å². The molecular weight excluding hydrogens is 206 g/mol. The summed E-state index contributed by atoms with van der Waals surface area (Å²) in [7, 11) is 3.61. The maximum absolute atomic E-state index is 10.8. The van der Waals surface area contributed by atoms with E-state index in [0.29, 0.717) is 12.2 Å². The maximum Gasteiger partial charge on any atom is 0.335 e. The van der Waals surface area contributed by atoms with Gasteiger partial charge in [0.25, 0.3) is 0 Å². The van der Waals surface area contributed by atoms with Crippen LogP contribution in [0.4, 0.5) is 5.69 Å². The predicted octanol–water partition coefficient (Wildman–Crippen LogP) is 1.78. The van der Waals surface area contributed by atoms with Gasteiger partial charge >= 0.3 is 5.97 Å². The highest BCUT2D eigenvalue weighted by Gasteiger charge is 2.08. The molecule has 0 fully saturated rings. The van der Waals surface area contributed by atoms with Gasteiger partial charge in [0.05, 0.1) is 12.2 Å². The van der Waals surface area contributed by atoms with Gasteiger partial charge in [0.1, 0.15) is 0 Å². The fourth-order valence-corrected chi connectivity index (χ4v) is 1.48. The van der Waals surface area contributed by atoms with E-state index < -0.39 is 5.97 Å². The Hall–Kier alpha value is -1.55. The molecule has 0 aliphatic carbocycles. The van der Waals surface area contributed by atoms with E-state index in [1.165, 1.54) is 0 Å². The fourth-order valence-electron chi connectivity index (χ4n) is 1.48. The summed E-state index contributed by atoms with van der Waals surface area (Å²) in [5.41, 5.74) is 2.12. The van der Waals surface area contributed by atoms with E-state index in [-0.39, 0.29) is 0 Å². The first kappa shape index (κ1) is 12.5. The van der Waals surface area contributed by atoms with Gasteiger partial charge in [-0.05, 0) is 30.7 Å². The molecule has 1 N–H and O–H groups in total. The zero-order valence-corrected chi connectivity index (χ0v) is 9.86. The number of likely N-dealkylation sites (N-methyl/N-ethyl adjacent to an activating group) is 1. The zero-order chi connectivity index (χ0) is 12.1. The highest BCUT2D eigenvalue weighted by atomic mass is 16.5. The largest absolute Gasteiger partial charge is 0.478 e. The normalized spacial score (nSPS) is 10.2. The zero-order valence-electron chi connectivity index (χ0n) is 9.86. The molecule has 0 unspecified atom stereocenters. The number of methoxy groups -OCH3 is 1. The van der Waals surface area contributed by atoms with Crippen LogP contribution in [-0.4, -0.2) is 38.4 Å². The number of rotatable bonds is 5. The van der Waals surface area contributed by atoms with Gasteiger partial charge < -0.3 is 14.7 Å². The molecule has 1 aromatic rings. The van der Waals surface area contributed by atoms with Crippen LogP contribution in [0.15, 0.2) is 18.2 Å². The van der Waals surface area contributed by atoms with Crippen LogP contribution in [0.2, 0.25) is 0 Å². The lowest BCUT2D eigenvalue weighted by Crippen LogP contribution is -2.22. The number of hydrogen-bond acceptors (Lipinski definition) is 3. The van der Waals surface area contributed by atoms with E-state index in [1.54, 1.807) is 20.1 Å². The third kappa shape index (κ3) is 2.97. The summed E-state index contributed by atoms with van der Waals surface area (Å²) in [6.07, 6.45) is 0. The van der Waals surface area contributed by atoms with Crippen molar-refractivity contribution >= 4 is 11.7 Å². The number of aromatic carboxylic acids is 1. The van der Waals surface area contributed by atoms with Crippen LogP contribution < -0.4 is 4.90 Å². The summed E-state index contributed by atoms with van der Waals surface area (Å²) >= 11 is 0. The van der Waals surface area contributed by atoms with Gasteiger partial charge in [-0.1, -0.05) is 0 Å². The minimum atomic E-state index is -0.886. The molecule has 0 saturated heterocycles. The monoisotopic (exact) mass is 223 g/mol. The minimum absolute atomic E-state index is 0.351. The van der Waals surface area contributed by atoms with Gasteiger partial charge in [0.15, 0.2) is 0 Å². The third-order valence-corrected chi connectivity index (χ3v) is 2.51. The number of anilines is 1. The topological polar surface area (TPSA) is 49.8 Å². The fraction of sp³-hybridized carbons (Fsp3) is 0.417. The van der Waals surface area contributed by atoms with Gasteiger partial charge in [0, 0.05) is 26.4 Å². The van der Waals surface area contributed by atoms with Crippen LogP contribution in [0.3, 0.4) is 0 Å². The van der Waals surface area contributed by atoms with Crippen LogP contribution in [0.25, 0.3) is 0 Å². The summed E-state index contributed by atoms with van der Waals surface area (Å²) in [5.74, 6) is -0.886. The Morgan fingerprint density at radius 3 is 2.69 bits per heavy atom. The van der Waals surface area contributed by atoms with Crippen molar-refractivity contribution in [2.45, 2.75) is 6.92 Å². The molecule has 0 bridgehead atoms. The lowest BCUT2D eigenvalue weighted by atomic mass is 10.1. The second kappa shape index (κ2) is 5.51. The molecule has 1 aromatic carbocycles. The molecule has 0 radical (unpaired) electrons. The highest BCUT2D eigenvalue weighted by molar-refractivity contribution is 5.89. The molecular formula is C12H17NO3. The highest BCUT2D eigenvalue weighted by Crippen LogP contribution is 2.18. The van der Waals surface area contributed by atoms with E-state index >= 15 is 0 Å². The number of hydrogen-bond donors (Lipinski definition) is 1. The van der Waals surface area contributed by atoms with Gasteiger partial charge in [0.2, 0.25) is 0 Å². The average Bonchev–Trinajstić information content (AvgIpc) is 2.25. The van der Waals surface area contributed by atoms with Crippen LogP contribution in [0, 0.1) is 6.92 Å². The smallest absolute Gasteiger partial charge is 0.335 e. The number of carbonyl (C=O) groups is 1. The molecule has 0 aliphatic rings. The number of nitrogens with zero attached hydrogens (tertiary/aromatic N) is 1. The van der Waals surface area contributed by atoms with Crippen LogP contribution in [0.1, 0.15) is 15.9 Å². The molecule has 4 nitrogen and oxygen atoms in total. The molecule has 1 rings (SSSR count). The Balaban J connectivity index is 2.84. The molecule has 16 heavy (non-hydrogen) atoms. The van der Waals surface area contributed by atoms with Crippen molar-refractivity contribution in [3.8, 4) is 0 Å². The standard InChI is InChI=1S/C12H17NO3/c1-9-8-10(13(2)6-7-16-3)4-5-11(9)12(14)15/h4-5,8H,6-7H2,1-3H3,(H,14,15). The number of ether oxygens (including phenoxy) is 1. The van der Waals surface area contributed by atoms with E-state index in [9.17, 15) is 4.79 Å². The van der Waals surface area contributed by atoms with Crippen molar-refractivity contribution in [1.82, 2.24) is 0 Å². The predicted molar refractivity (Wildman–Crippen MR) is 63.3 cm³/mol. The van der Waals surface area contributed by atoms with Crippen LogP contribution in [0.5, 0.6) is 0 Å². The van der Waals surface area contributed by atoms with Crippen molar-refractivity contribution < 1.29 is 14.6 Å². The molecule has 0 aromatic heterocycles. The molecule has 0 saturated carbocycles. The van der Waals surface area contributed by atoms with Crippen LogP contribution >= 0.6 is 0 Å². The van der Waals surface area contributed by atoms with Crippen molar-refractivity contribution in [3.05, 3.63) is 29.3 Å². The quantitative estimate of drug-likeness (QED) is 0.826. The molecule has 0 heterocycles. The maximum atomic E-state index is 10.8. The first-order valence-corrected chi connectivity index (χ1v) is 5.10. The number of aryl methyl sites for hydroxylation is 1. The number of benzene rings is 1. The van der Waals surface area contributed by atoms with Crippen molar-refractivity contribution in [1.29, 1.82) is 0 Å². The van der Waals surface area contributed by atoms with E-state index in [2.05, 4.69) is 0 Å². The Morgan fingerprint density at radius 1 is 1.50 bits per heavy atom. The molecule has 0 aliphatic heterocycles. The second-order valence-corrected chi connectivity index (χ2v) is 3.72. The Morgan fingerprint density at radius 2 is 2.19 bits per heavy atom. The number of carboxylic acid groups (broad SMARTS) is 1. The summed E-state index contributed by atoms with van der Waals surface area (Å²) < 4.78 is 4.99. The van der Waals surface area contributed by atoms with Crippen molar-refractivity contribution in [2.75, 3.05) is 32.2 Å². The van der Waals surface area contributed by atoms with Crippen molar-refractivity contribution in [3.63, 3.8) is 0 Å². The summed E-state index contributed by atoms with van der Waals surface area (Å²) in [5, 5.41) is 8.90. The first-order chi connectivity index (χ1) is 7.56. The Bertz CT molecular complexity index is 377. The first-order valence-electron chi connectivity index (χ1n) is 5.10. The average molecular weight is 223 g/mol. The third-order valence-electron chi connectivity index (χ3n) is 2.51. The molecule has 4 heteroatoms. The van der Waals surface area contributed by atoms with Gasteiger partial charge in [-0.15, -0.1) is 0 Å². The van der Waals surface area contributed by atoms with Crippen LogP contribution in [-0.2, 0) is 4.74 Å². The van der Waals surface area contributed by atoms with Gasteiger partial charge in [-0.2, -0.15) is 0 Å². The lowest BCUT2D eigenvalue weighted by Gasteiger charge is -2.19. The lowest BCUT2D eigenvalue weighted by molar-refractivity contribution is 0.0696.